The van der Waals surface area contributed by atoms with Gasteiger partial charge in [0.05, 0.1) is 12.2 Å². The number of β-amino-alcohol motifs (C(OH)–C–C–N with tert-alkyl or cyclic N) is 1. The Balaban J connectivity index is 1.29. The van der Waals surface area contributed by atoms with Crippen LogP contribution >= 0.6 is 0 Å². The molecule has 2 aromatic carbocycles. The maximum Gasteiger partial charge on any atom is 0.253 e. The molecule has 0 aromatic heterocycles. The Morgan fingerprint density at radius 1 is 1.10 bits per heavy atom. The van der Waals surface area contributed by atoms with E-state index in [-0.39, 0.29) is 24.4 Å². The van der Waals surface area contributed by atoms with Gasteiger partial charge < -0.3 is 25.7 Å². The number of amides is 2. The molecule has 0 bridgehead atoms. The molecule has 1 unspecified atom stereocenters. The summed E-state index contributed by atoms with van der Waals surface area (Å²) >= 11 is 0. The van der Waals surface area contributed by atoms with Crippen LogP contribution in [0.4, 0.5) is 0 Å². The van der Waals surface area contributed by atoms with Crippen LogP contribution in [0.1, 0.15) is 38.3 Å². The number of likely N-dealkylation sites (tertiary alicyclic amines) is 1. The molecule has 2 aliphatic rings. The molecule has 1 fully saturated rings. The second-order valence-electron chi connectivity index (χ2n) is 8.01. The first-order chi connectivity index (χ1) is 14.5. The normalized spacial score (nSPS) is 21.7. The molecule has 0 radical (unpaired) electrons. The van der Waals surface area contributed by atoms with Gasteiger partial charge in [0.2, 0.25) is 0 Å². The van der Waals surface area contributed by atoms with Crippen LogP contribution in [-0.2, 0) is 13.0 Å². The molecule has 3 atom stereocenters. The number of carbonyl (C=O) groups is 2. The molecule has 4 N–H and O–H groups in total. The van der Waals surface area contributed by atoms with Crippen molar-refractivity contribution >= 4 is 11.8 Å². The van der Waals surface area contributed by atoms with Crippen molar-refractivity contribution in [2.24, 2.45) is 0 Å². The van der Waals surface area contributed by atoms with Crippen LogP contribution in [0.5, 0.6) is 0 Å². The third kappa shape index (κ3) is 4.53. The summed E-state index contributed by atoms with van der Waals surface area (Å²) in [4.78, 5) is 26.5. The molecule has 2 aromatic rings. The summed E-state index contributed by atoms with van der Waals surface area (Å²) in [6.07, 6.45) is 0.146. The monoisotopic (exact) mass is 409 g/mol. The lowest BCUT2D eigenvalue weighted by molar-refractivity contribution is 0.0764. The Bertz CT molecular complexity index is 915. The molecule has 2 heterocycles. The van der Waals surface area contributed by atoms with Gasteiger partial charge in [0.1, 0.15) is 0 Å². The average Bonchev–Trinajstić information content (AvgIpc) is 3.22. The molecule has 158 valence electrons. The molecule has 30 heavy (non-hydrogen) atoms. The van der Waals surface area contributed by atoms with E-state index in [4.69, 9.17) is 0 Å². The highest BCUT2D eigenvalue weighted by Gasteiger charge is 2.26. The Morgan fingerprint density at radius 2 is 1.80 bits per heavy atom. The van der Waals surface area contributed by atoms with Gasteiger partial charge in [0.25, 0.3) is 11.8 Å². The van der Waals surface area contributed by atoms with E-state index in [1.54, 1.807) is 29.2 Å². The fraction of sp³-hybridized carbons (Fsp3) is 0.391. The van der Waals surface area contributed by atoms with E-state index in [1.807, 2.05) is 12.1 Å². The Hall–Kier alpha value is -2.74. The highest BCUT2D eigenvalue weighted by atomic mass is 16.3. The smallest absolute Gasteiger partial charge is 0.253 e. The van der Waals surface area contributed by atoms with Crippen LogP contribution < -0.4 is 10.6 Å². The van der Waals surface area contributed by atoms with Crippen LogP contribution in [0.15, 0.2) is 48.5 Å². The van der Waals surface area contributed by atoms with E-state index < -0.39 is 12.2 Å². The van der Waals surface area contributed by atoms with E-state index >= 15 is 0 Å². The van der Waals surface area contributed by atoms with E-state index in [1.165, 1.54) is 11.1 Å². The second-order valence-corrected chi connectivity index (χ2v) is 8.01. The standard InChI is InChI=1S/C23H27N3O4/c27-19-9-10-26(14-19)23(30)16-7-5-15(6-8-16)22(29)25-13-21(28)20-11-17-3-1-2-4-18(17)12-24-20/h1-8,19-21,24,27-28H,9-14H2,(H,25,29)/t19?,20-,21+/m0/s1. The molecule has 7 nitrogen and oxygen atoms in total. The summed E-state index contributed by atoms with van der Waals surface area (Å²) in [6, 6.07) is 14.5. The van der Waals surface area contributed by atoms with Gasteiger partial charge in [0.15, 0.2) is 0 Å². The molecule has 0 saturated carbocycles. The molecule has 7 heteroatoms. The number of aliphatic hydroxyl groups is 2. The zero-order valence-electron chi connectivity index (χ0n) is 16.8. The minimum atomic E-state index is -0.704. The van der Waals surface area contributed by atoms with Gasteiger partial charge in [-0.05, 0) is 48.2 Å². The van der Waals surface area contributed by atoms with Crippen molar-refractivity contribution in [2.75, 3.05) is 19.6 Å². The number of nitrogens with zero attached hydrogens (tertiary/aromatic N) is 1. The molecule has 1 saturated heterocycles. The Kier molecular flexibility index (Phi) is 6.13. The van der Waals surface area contributed by atoms with Crippen molar-refractivity contribution in [3.05, 3.63) is 70.8 Å². The minimum Gasteiger partial charge on any atom is -0.391 e. The van der Waals surface area contributed by atoms with Crippen molar-refractivity contribution in [3.8, 4) is 0 Å². The Labute approximate surface area is 175 Å². The van der Waals surface area contributed by atoms with Gasteiger partial charge in [-0.3, -0.25) is 9.59 Å². The first kappa shape index (κ1) is 20.5. The highest BCUT2D eigenvalue weighted by Crippen LogP contribution is 2.18. The van der Waals surface area contributed by atoms with Crippen molar-refractivity contribution in [1.82, 2.24) is 15.5 Å². The summed E-state index contributed by atoms with van der Waals surface area (Å²) in [7, 11) is 0. The fourth-order valence-corrected chi connectivity index (χ4v) is 4.07. The maximum atomic E-state index is 12.4. The molecule has 4 rings (SSSR count). The van der Waals surface area contributed by atoms with Crippen LogP contribution in [0, 0.1) is 0 Å². The van der Waals surface area contributed by atoms with E-state index in [2.05, 4.69) is 22.8 Å². The zero-order chi connectivity index (χ0) is 21.1. The molecular formula is C23H27N3O4. The maximum absolute atomic E-state index is 12.4. The van der Waals surface area contributed by atoms with Gasteiger partial charge >= 0.3 is 0 Å². The van der Waals surface area contributed by atoms with Gasteiger partial charge in [-0.25, -0.2) is 0 Å². The molecule has 2 amide bonds. The largest absolute Gasteiger partial charge is 0.391 e. The molecule has 0 aliphatic carbocycles. The first-order valence-corrected chi connectivity index (χ1v) is 10.3. The van der Waals surface area contributed by atoms with Crippen LogP contribution in [-0.4, -0.2) is 64.8 Å². The van der Waals surface area contributed by atoms with Gasteiger partial charge in [-0.1, -0.05) is 24.3 Å². The number of fused-ring (bicyclic) bond motifs is 1. The lowest BCUT2D eigenvalue weighted by Gasteiger charge is -2.30. The predicted octanol–water partition coefficient (Wildman–Crippen LogP) is 0.699. The summed E-state index contributed by atoms with van der Waals surface area (Å²) in [6.45, 7) is 1.73. The lowest BCUT2D eigenvalue weighted by Crippen LogP contribution is -2.49. The topological polar surface area (TPSA) is 102 Å². The van der Waals surface area contributed by atoms with Crippen LogP contribution in [0.3, 0.4) is 0 Å². The van der Waals surface area contributed by atoms with Gasteiger partial charge in [-0.2, -0.15) is 0 Å². The van der Waals surface area contributed by atoms with Gasteiger partial charge in [-0.15, -0.1) is 0 Å². The first-order valence-electron chi connectivity index (χ1n) is 10.3. The second kappa shape index (κ2) is 8.95. The van der Waals surface area contributed by atoms with Crippen molar-refractivity contribution in [3.63, 3.8) is 0 Å². The quantitative estimate of drug-likeness (QED) is 0.582. The van der Waals surface area contributed by atoms with Crippen LogP contribution in [0.2, 0.25) is 0 Å². The third-order valence-corrected chi connectivity index (χ3v) is 5.89. The summed E-state index contributed by atoms with van der Waals surface area (Å²) < 4.78 is 0. The zero-order valence-corrected chi connectivity index (χ0v) is 16.8. The van der Waals surface area contributed by atoms with E-state index in [0.717, 1.165) is 6.42 Å². The molecule has 0 spiro atoms. The summed E-state index contributed by atoms with van der Waals surface area (Å²) in [5, 5.41) is 26.2. The fourth-order valence-electron chi connectivity index (χ4n) is 4.07. The highest BCUT2D eigenvalue weighted by molar-refractivity contribution is 5.97. The van der Waals surface area contributed by atoms with Crippen molar-refractivity contribution in [2.45, 2.75) is 37.6 Å². The lowest BCUT2D eigenvalue weighted by atomic mass is 9.93. The number of nitrogens with one attached hydrogen (secondary N) is 2. The average molecular weight is 409 g/mol. The van der Waals surface area contributed by atoms with Crippen LogP contribution in [0.25, 0.3) is 0 Å². The SMILES string of the molecule is O=C(NC[C@@H](O)[C@@H]1Cc2ccccc2CN1)c1ccc(C(=O)N2CCC(O)C2)cc1. The number of hydrogen-bond donors (Lipinski definition) is 4. The van der Waals surface area contributed by atoms with Crippen molar-refractivity contribution in [1.29, 1.82) is 0 Å². The minimum absolute atomic E-state index is 0.115. The number of hydrogen-bond acceptors (Lipinski definition) is 5. The summed E-state index contributed by atoms with van der Waals surface area (Å²) in [5.74, 6) is -0.432. The molecular weight excluding hydrogens is 382 g/mol. The van der Waals surface area contributed by atoms with E-state index in [9.17, 15) is 19.8 Å². The Morgan fingerprint density at radius 3 is 2.50 bits per heavy atom. The third-order valence-electron chi connectivity index (χ3n) is 5.89. The summed E-state index contributed by atoms with van der Waals surface area (Å²) in [5.41, 5.74) is 3.38. The van der Waals surface area contributed by atoms with Gasteiger partial charge in [0, 0.05) is 43.3 Å². The van der Waals surface area contributed by atoms with E-state index in [0.29, 0.717) is 37.2 Å². The number of carbonyl (C=O) groups excluding carboxylic acids is 2. The number of aliphatic hydroxyl groups excluding tert-OH is 2. The number of benzene rings is 2. The van der Waals surface area contributed by atoms with Crippen molar-refractivity contribution < 1.29 is 19.8 Å². The molecule has 2 aliphatic heterocycles. The number of rotatable bonds is 5. The predicted molar refractivity (Wildman–Crippen MR) is 112 cm³/mol.